The van der Waals surface area contributed by atoms with Gasteiger partial charge in [0.2, 0.25) is 0 Å². The van der Waals surface area contributed by atoms with E-state index in [1.54, 1.807) is 12.1 Å². The third-order valence-corrected chi connectivity index (χ3v) is 4.30. The van der Waals surface area contributed by atoms with E-state index in [9.17, 15) is 4.79 Å². The highest BCUT2D eigenvalue weighted by Crippen LogP contribution is 2.19. The van der Waals surface area contributed by atoms with Crippen molar-refractivity contribution in [2.24, 2.45) is 0 Å². The van der Waals surface area contributed by atoms with Crippen LogP contribution in [0.3, 0.4) is 0 Å². The van der Waals surface area contributed by atoms with Gasteiger partial charge in [0.05, 0.1) is 12.6 Å². The van der Waals surface area contributed by atoms with Gasteiger partial charge in [-0.1, -0.05) is 6.42 Å². The molecule has 0 unspecified atom stereocenters. The molecule has 0 bridgehead atoms. The van der Waals surface area contributed by atoms with E-state index in [1.165, 1.54) is 6.42 Å². The van der Waals surface area contributed by atoms with E-state index >= 15 is 0 Å². The first-order chi connectivity index (χ1) is 11.7. The normalized spacial score (nSPS) is 15.2. The number of ether oxygens (including phenoxy) is 1. The molecule has 3 rings (SSSR count). The van der Waals surface area contributed by atoms with E-state index in [0.717, 1.165) is 43.2 Å². The van der Waals surface area contributed by atoms with Crippen molar-refractivity contribution in [3.05, 3.63) is 41.5 Å². The Balaban J connectivity index is 1.69. The van der Waals surface area contributed by atoms with Gasteiger partial charge in [0, 0.05) is 18.5 Å². The van der Waals surface area contributed by atoms with Crippen LogP contribution in [0, 0.1) is 0 Å². The number of carbonyl (C=O) groups is 1. The third kappa shape index (κ3) is 3.58. The van der Waals surface area contributed by atoms with Crippen molar-refractivity contribution in [2.75, 3.05) is 6.61 Å². The first-order valence-electron chi connectivity index (χ1n) is 8.64. The molecule has 6 nitrogen and oxygen atoms in total. The highest BCUT2D eigenvalue weighted by atomic mass is 16.5. The monoisotopic (exact) mass is 328 g/mol. The number of benzene rings is 1. The number of fused-ring (bicyclic) bond motifs is 1. The second kappa shape index (κ2) is 7.47. The van der Waals surface area contributed by atoms with Crippen molar-refractivity contribution >= 4 is 5.91 Å². The Kier molecular flexibility index (Phi) is 5.13. The summed E-state index contributed by atoms with van der Waals surface area (Å²) in [5.41, 5.74) is 0.612. The van der Waals surface area contributed by atoms with Gasteiger partial charge >= 0.3 is 0 Å². The minimum Gasteiger partial charge on any atom is -0.494 e. The largest absolute Gasteiger partial charge is 0.494 e. The smallest absolute Gasteiger partial charge is 0.251 e. The van der Waals surface area contributed by atoms with Crippen LogP contribution in [0.1, 0.15) is 61.2 Å². The minimum atomic E-state index is -0.177. The summed E-state index contributed by atoms with van der Waals surface area (Å²) in [4.78, 5) is 12.4. The number of hydrogen-bond donors (Lipinski definition) is 1. The van der Waals surface area contributed by atoms with Gasteiger partial charge in [-0.3, -0.25) is 4.79 Å². The lowest BCUT2D eigenvalue weighted by Crippen LogP contribution is -2.29. The molecule has 0 saturated heterocycles. The summed E-state index contributed by atoms with van der Waals surface area (Å²) in [6, 6.07) is 7.00. The molecule has 2 heterocycles. The van der Waals surface area contributed by atoms with E-state index in [1.807, 2.05) is 26.0 Å². The molecule has 0 radical (unpaired) electrons. The summed E-state index contributed by atoms with van der Waals surface area (Å²) in [5, 5.41) is 11.6. The van der Waals surface area contributed by atoms with Crippen molar-refractivity contribution in [1.82, 2.24) is 20.1 Å². The maximum absolute atomic E-state index is 12.4. The van der Waals surface area contributed by atoms with Gasteiger partial charge in [0.15, 0.2) is 5.82 Å². The highest BCUT2D eigenvalue weighted by Gasteiger charge is 2.21. The highest BCUT2D eigenvalue weighted by molar-refractivity contribution is 5.94. The molecule has 0 saturated carbocycles. The summed E-state index contributed by atoms with van der Waals surface area (Å²) >= 11 is 0. The topological polar surface area (TPSA) is 69.0 Å². The van der Waals surface area contributed by atoms with Crippen LogP contribution in [0.2, 0.25) is 0 Å². The van der Waals surface area contributed by atoms with Gasteiger partial charge in [-0.2, -0.15) is 0 Å². The van der Waals surface area contributed by atoms with Gasteiger partial charge < -0.3 is 14.6 Å². The van der Waals surface area contributed by atoms with E-state index in [2.05, 4.69) is 20.1 Å². The summed E-state index contributed by atoms with van der Waals surface area (Å²) < 4.78 is 7.56. The molecule has 1 aromatic heterocycles. The van der Waals surface area contributed by atoms with Gasteiger partial charge in [-0.25, -0.2) is 0 Å². The molecule has 2 aromatic rings. The summed E-state index contributed by atoms with van der Waals surface area (Å²) in [6.07, 6.45) is 4.48. The SMILES string of the molecule is CCOc1ccc(C(=O)N[C@@H](C)c2nnc3n2CCCCC3)cc1. The van der Waals surface area contributed by atoms with Crippen LogP contribution in [0.4, 0.5) is 0 Å². The molecule has 1 atom stereocenters. The van der Waals surface area contributed by atoms with Crippen LogP contribution in [0.15, 0.2) is 24.3 Å². The predicted octanol–water partition coefficient (Wildman–Crippen LogP) is 2.89. The van der Waals surface area contributed by atoms with Crippen molar-refractivity contribution in [3.8, 4) is 5.75 Å². The Morgan fingerprint density at radius 2 is 2.04 bits per heavy atom. The van der Waals surface area contributed by atoms with Crippen molar-refractivity contribution in [1.29, 1.82) is 0 Å². The van der Waals surface area contributed by atoms with Gasteiger partial charge in [0.1, 0.15) is 11.6 Å². The van der Waals surface area contributed by atoms with Crippen LogP contribution < -0.4 is 10.1 Å². The average molecular weight is 328 g/mol. The number of amides is 1. The molecule has 1 N–H and O–H groups in total. The summed E-state index contributed by atoms with van der Waals surface area (Å²) in [5.74, 6) is 2.53. The quantitative estimate of drug-likeness (QED) is 0.916. The van der Waals surface area contributed by atoms with Crippen LogP contribution in [0.5, 0.6) is 5.75 Å². The third-order valence-electron chi connectivity index (χ3n) is 4.30. The Labute approximate surface area is 142 Å². The zero-order valence-electron chi connectivity index (χ0n) is 14.3. The Morgan fingerprint density at radius 3 is 2.79 bits per heavy atom. The second-order valence-corrected chi connectivity index (χ2v) is 6.09. The molecule has 0 spiro atoms. The number of hydrogen-bond acceptors (Lipinski definition) is 4. The molecule has 1 amide bonds. The fourth-order valence-corrected chi connectivity index (χ4v) is 3.04. The molecule has 1 aliphatic heterocycles. The average Bonchev–Trinajstić information content (AvgIpc) is 2.85. The number of nitrogens with one attached hydrogen (secondary N) is 1. The number of carbonyl (C=O) groups excluding carboxylic acids is 1. The molecule has 1 aliphatic rings. The van der Waals surface area contributed by atoms with Crippen LogP contribution in [-0.4, -0.2) is 27.3 Å². The molecule has 0 fully saturated rings. The molecule has 1 aromatic carbocycles. The zero-order valence-corrected chi connectivity index (χ0v) is 14.3. The maximum Gasteiger partial charge on any atom is 0.251 e. The van der Waals surface area contributed by atoms with Crippen LogP contribution >= 0.6 is 0 Å². The molecular weight excluding hydrogens is 304 g/mol. The number of nitrogens with zero attached hydrogens (tertiary/aromatic N) is 3. The lowest BCUT2D eigenvalue weighted by Gasteiger charge is -2.15. The van der Waals surface area contributed by atoms with Crippen molar-refractivity contribution < 1.29 is 9.53 Å². The van der Waals surface area contributed by atoms with Gasteiger partial charge in [-0.05, 0) is 51.0 Å². The Morgan fingerprint density at radius 1 is 1.25 bits per heavy atom. The van der Waals surface area contributed by atoms with E-state index in [-0.39, 0.29) is 11.9 Å². The lowest BCUT2D eigenvalue weighted by molar-refractivity contribution is 0.0937. The maximum atomic E-state index is 12.4. The number of aromatic nitrogens is 3. The van der Waals surface area contributed by atoms with Crippen LogP contribution in [0.25, 0.3) is 0 Å². The molecular formula is C18H24N4O2. The second-order valence-electron chi connectivity index (χ2n) is 6.09. The van der Waals surface area contributed by atoms with Gasteiger partial charge in [-0.15, -0.1) is 10.2 Å². The number of aryl methyl sites for hydroxylation is 1. The molecule has 0 aliphatic carbocycles. The fourth-order valence-electron chi connectivity index (χ4n) is 3.04. The van der Waals surface area contributed by atoms with Crippen molar-refractivity contribution in [3.63, 3.8) is 0 Å². The van der Waals surface area contributed by atoms with E-state index in [4.69, 9.17) is 4.74 Å². The summed E-state index contributed by atoms with van der Waals surface area (Å²) in [6.45, 7) is 5.43. The molecule has 24 heavy (non-hydrogen) atoms. The lowest BCUT2D eigenvalue weighted by atomic mass is 10.2. The fraction of sp³-hybridized carbons (Fsp3) is 0.500. The van der Waals surface area contributed by atoms with E-state index in [0.29, 0.717) is 12.2 Å². The van der Waals surface area contributed by atoms with Gasteiger partial charge in [0.25, 0.3) is 5.91 Å². The number of rotatable bonds is 5. The predicted molar refractivity (Wildman–Crippen MR) is 91.1 cm³/mol. The zero-order chi connectivity index (χ0) is 16.9. The first-order valence-corrected chi connectivity index (χ1v) is 8.64. The van der Waals surface area contributed by atoms with Crippen molar-refractivity contribution in [2.45, 2.75) is 52.1 Å². The molecule has 6 heteroatoms. The summed E-state index contributed by atoms with van der Waals surface area (Å²) in [7, 11) is 0. The molecule has 128 valence electrons. The first kappa shape index (κ1) is 16.5. The minimum absolute atomic E-state index is 0.114. The Hall–Kier alpha value is -2.37. The standard InChI is InChI=1S/C18H24N4O2/c1-3-24-15-10-8-14(9-11-15)18(23)19-13(2)17-21-20-16-7-5-4-6-12-22(16)17/h8-11,13H,3-7,12H2,1-2H3,(H,19,23)/t13-/m0/s1. The van der Waals surface area contributed by atoms with Crippen LogP contribution in [-0.2, 0) is 13.0 Å². The Bertz CT molecular complexity index is 694. The van der Waals surface area contributed by atoms with E-state index < -0.39 is 0 Å².